The van der Waals surface area contributed by atoms with Crippen molar-refractivity contribution in [3.63, 3.8) is 0 Å². The predicted octanol–water partition coefficient (Wildman–Crippen LogP) is 2.20. The lowest BCUT2D eigenvalue weighted by atomic mass is 10.1. The summed E-state index contributed by atoms with van der Waals surface area (Å²) in [6.07, 6.45) is 3.28. The monoisotopic (exact) mass is 248 g/mol. The van der Waals surface area contributed by atoms with E-state index in [1.54, 1.807) is 25.3 Å². The van der Waals surface area contributed by atoms with Gasteiger partial charge in [-0.2, -0.15) is 0 Å². The molecular weight excluding hydrogens is 228 g/mol. The van der Waals surface area contributed by atoms with E-state index in [1.807, 2.05) is 0 Å². The molecule has 18 heavy (non-hydrogen) atoms. The molecule has 1 saturated carbocycles. The van der Waals surface area contributed by atoms with Gasteiger partial charge < -0.3 is 15.8 Å². The van der Waals surface area contributed by atoms with Crippen molar-refractivity contribution in [3.8, 4) is 5.75 Å². The van der Waals surface area contributed by atoms with Gasteiger partial charge in [-0.1, -0.05) is 13.0 Å². The number of carbonyl (C=O) groups is 1. The van der Waals surface area contributed by atoms with Crippen molar-refractivity contribution in [2.24, 2.45) is 5.92 Å². The van der Waals surface area contributed by atoms with Crippen LogP contribution in [0.3, 0.4) is 0 Å². The number of hydrogen-bond acceptors (Lipinski definition) is 3. The van der Waals surface area contributed by atoms with Crippen molar-refractivity contribution in [1.29, 1.82) is 0 Å². The number of methoxy groups -OCH3 is 1. The average molecular weight is 248 g/mol. The Morgan fingerprint density at radius 1 is 1.44 bits per heavy atom. The predicted molar refractivity (Wildman–Crippen MR) is 71.7 cm³/mol. The van der Waals surface area contributed by atoms with Gasteiger partial charge in [-0.15, -0.1) is 0 Å². The Morgan fingerprint density at radius 3 is 2.83 bits per heavy atom. The molecule has 1 aliphatic carbocycles. The first-order chi connectivity index (χ1) is 8.61. The molecule has 1 aliphatic rings. The highest BCUT2D eigenvalue weighted by molar-refractivity contribution is 6.00. The third kappa shape index (κ3) is 2.58. The number of benzene rings is 1. The first kappa shape index (κ1) is 12.7. The minimum absolute atomic E-state index is 0.106. The maximum atomic E-state index is 12.1. The van der Waals surface area contributed by atoms with Crippen LogP contribution in [0.25, 0.3) is 0 Å². The number of amides is 1. The molecule has 2 unspecified atom stereocenters. The van der Waals surface area contributed by atoms with Crippen LogP contribution in [-0.2, 0) is 0 Å². The Hall–Kier alpha value is -1.71. The standard InChI is InChI=1S/C14H20N2O2/c1-9-6-7-10(8-9)16-14(17)11-4-3-5-12(18-2)13(11)15/h3-5,9-10H,6-8,15H2,1-2H3,(H,16,17). The van der Waals surface area contributed by atoms with Crippen molar-refractivity contribution in [3.05, 3.63) is 23.8 Å². The summed E-state index contributed by atoms with van der Waals surface area (Å²) in [4.78, 5) is 12.1. The van der Waals surface area contributed by atoms with Gasteiger partial charge in [-0.05, 0) is 37.3 Å². The smallest absolute Gasteiger partial charge is 0.253 e. The molecule has 3 N–H and O–H groups in total. The zero-order valence-corrected chi connectivity index (χ0v) is 10.9. The molecule has 4 heteroatoms. The molecule has 1 aromatic rings. The molecule has 0 aromatic heterocycles. The van der Waals surface area contributed by atoms with Crippen LogP contribution in [0, 0.1) is 5.92 Å². The number of ether oxygens (including phenoxy) is 1. The first-order valence-electron chi connectivity index (χ1n) is 6.35. The molecule has 0 bridgehead atoms. The minimum atomic E-state index is -0.106. The Labute approximate surface area is 108 Å². The van der Waals surface area contributed by atoms with E-state index in [0.29, 0.717) is 22.9 Å². The summed E-state index contributed by atoms with van der Waals surface area (Å²) in [6.45, 7) is 2.21. The van der Waals surface area contributed by atoms with Gasteiger partial charge in [0.1, 0.15) is 5.75 Å². The summed E-state index contributed by atoms with van der Waals surface area (Å²) in [7, 11) is 1.55. The second kappa shape index (κ2) is 5.29. The fourth-order valence-corrected chi connectivity index (χ4v) is 2.52. The molecule has 2 atom stereocenters. The number of carbonyl (C=O) groups excluding carboxylic acids is 1. The quantitative estimate of drug-likeness (QED) is 0.806. The van der Waals surface area contributed by atoms with Crippen molar-refractivity contribution < 1.29 is 9.53 Å². The van der Waals surface area contributed by atoms with E-state index in [0.717, 1.165) is 12.8 Å². The Balaban J connectivity index is 2.09. The zero-order chi connectivity index (χ0) is 13.1. The third-order valence-electron chi connectivity index (χ3n) is 3.56. The van der Waals surface area contributed by atoms with Crippen LogP contribution < -0.4 is 15.8 Å². The molecule has 2 rings (SSSR count). The summed E-state index contributed by atoms with van der Waals surface area (Å²) < 4.78 is 5.12. The summed E-state index contributed by atoms with van der Waals surface area (Å²) >= 11 is 0. The minimum Gasteiger partial charge on any atom is -0.495 e. The van der Waals surface area contributed by atoms with Gasteiger partial charge in [0.05, 0.1) is 18.4 Å². The van der Waals surface area contributed by atoms with Crippen LogP contribution in [0.2, 0.25) is 0 Å². The Bertz CT molecular complexity index is 445. The van der Waals surface area contributed by atoms with Gasteiger partial charge in [-0.3, -0.25) is 4.79 Å². The lowest BCUT2D eigenvalue weighted by Crippen LogP contribution is -2.33. The van der Waals surface area contributed by atoms with Gasteiger partial charge in [0, 0.05) is 6.04 Å². The summed E-state index contributed by atoms with van der Waals surface area (Å²) in [6, 6.07) is 5.54. The van der Waals surface area contributed by atoms with Gasteiger partial charge >= 0.3 is 0 Å². The SMILES string of the molecule is COc1cccc(C(=O)NC2CCC(C)C2)c1N. The van der Waals surface area contributed by atoms with E-state index >= 15 is 0 Å². The maximum Gasteiger partial charge on any atom is 0.253 e. The van der Waals surface area contributed by atoms with Crippen LogP contribution in [0.1, 0.15) is 36.5 Å². The van der Waals surface area contributed by atoms with Crippen LogP contribution >= 0.6 is 0 Å². The highest BCUT2D eigenvalue weighted by atomic mass is 16.5. The van der Waals surface area contributed by atoms with Crippen molar-refractivity contribution in [2.75, 3.05) is 12.8 Å². The Morgan fingerprint density at radius 2 is 2.22 bits per heavy atom. The normalized spacial score (nSPS) is 22.8. The summed E-state index contributed by atoms with van der Waals surface area (Å²) in [5, 5.41) is 3.04. The molecule has 4 nitrogen and oxygen atoms in total. The van der Waals surface area contributed by atoms with E-state index in [2.05, 4.69) is 12.2 Å². The van der Waals surface area contributed by atoms with Crippen LogP contribution in [0.15, 0.2) is 18.2 Å². The second-order valence-corrected chi connectivity index (χ2v) is 5.01. The summed E-state index contributed by atoms with van der Waals surface area (Å²) in [5.41, 5.74) is 6.81. The molecule has 0 radical (unpaired) electrons. The average Bonchev–Trinajstić information content (AvgIpc) is 2.75. The number of para-hydroxylation sites is 1. The third-order valence-corrected chi connectivity index (χ3v) is 3.56. The highest BCUT2D eigenvalue weighted by Gasteiger charge is 2.24. The number of anilines is 1. The number of rotatable bonds is 3. The largest absolute Gasteiger partial charge is 0.495 e. The fraction of sp³-hybridized carbons (Fsp3) is 0.500. The van der Waals surface area contributed by atoms with Gasteiger partial charge in [0.15, 0.2) is 0 Å². The van der Waals surface area contributed by atoms with Gasteiger partial charge in [-0.25, -0.2) is 0 Å². The van der Waals surface area contributed by atoms with E-state index < -0.39 is 0 Å². The second-order valence-electron chi connectivity index (χ2n) is 5.01. The molecule has 1 amide bonds. The zero-order valence-electron chi connectivity index (χ0n) is 10.9. The van der Waals surface area contributed by atoms with Crippen LogP contribution in [0.5, 0.6) is 5.75 Å². The number of nitrogens with two attached hydrogens (primary N) is 1. The van der Waals surface area contributed by atoms with E-state index in [4.69, 9.17) is 10.5 Å². The number of nitrogens with one attached hydrogen (secondary N) is 1. The lowest BCUT2D eigenvalue weighted by molar-refractivity contribution is 0.0938. The molecule has 1 fully saturated rings. The van der Waals surface area contributed by atoms with E-state index in [-0.39, 0.29) is 11.9 Å². The van der Waals surface area contributed by atoms with Crippen LogP contribution in [-0.4, -0.2) is 19.1 Å². The van der Waals surface area contributed by atoms with E-state index in [9.17, 15) is 4.79 Å². The molecule has 0 saturated heterocycles. The van der Waals surface area contributed by atoms with Gasteiger partial charge in [0.2, 0.25) is 0 Å². The molecule has 1 aromatic carbocycles. The van der Waals surface area contributed by atoms with Crippen LogP contribution in [0.4, 0.5) is 5.69 Å². The molecule has 98 valence electrons. The number of hydrogen-bond donors (Lipinski definition) is 2. The molecule has 0 aliphatic heterocycles. The van der Waals surface area contributed by atoms with Crippen molar-refractivity contribution in [1.82, 2.24) is 5.32 Å². The maximum absolute atomic E-state index is 12.1. The number of nitrogen functional groups attached to an aromatic ring is 1. The summed E-state index contributed by atoms with van der Waals surface area (Å²) in [5.74, 6) is 1.13. The van der Waals surface area contributed by atoms with Crippen molar-refractivity contribution in [2.45, 2.75) is 32.2 Å². The topological polar surface area (TPSA) is 64.3 Å². The Kier molecular flexibility index (Phi) is 3.75. The van der Waals surface area contributed by atoms with Crippen molar-refractivity contribution >= 4 is 11.6 Å². The highest BCUT2D eigenvalue weighted by Crippen LogP contribution is 2.27. The molecule has 0 heterocycles. The molecular formula is C14H20N2O2. The molecule has 0 spiro atoms. The van der Waals surface area contributed by atoms with E-state index in [1.165, 1.54) is 6.42 Å². The van der Waals surface area contributed by atoms with Gasteiger partial charge in [0.25, 0.3) is 5.91 Å². The fourth-order valence-electron chi connectivity index (χ4n) is 2.52. The lowest BCUT2D eigenvalue weighted by Gasteiger charge is -2.14. The first-order valence-corrected chi connectivity index (χ1v) is 6.35.